The Balaban J connectivity index is 4.04. The van der Waals surface area contributed by atoms with Crippen LogP contribution in [0, 0.1) is 0 Å². The van der Waals surface area contributed by atoms with Gasteiger partial charge in [0, 0.05) is 0 Å². The van der Waals surface area contributed by atoms with Crippen molar-refractivity contribution >= 4 is 8.32 Å². The first-order valence-corrected chi connectivity index (χ1v) is 18.0. The molecule has 32 heavy (non-hydrogen) atoms. The van der Waals surface area contributed by atoms with E-state index in [4.69, 9.17) is 0 Å². The van der Waals surface area contributed by atoms with E-state index in [-0.39, 0.29) is 0 Å². The van der Waals surface area contributed by atoms with Crippen LogP contribution in [0.15, 0.2) is 0 Å². The molecule has 0 aromatic heterocycles. The van der Waals surface area contributed by atoms with Gasteiger partial charge in [-0.05, 0) is 18.1 Å². The standard InChI is InChI=1S/C30H64OSi/c1-4-7-10-13-16-19-22-25-28-32(31,29-26-23-20-17-14-11-8-5-2)30-27-24-21-18-15-12-9-6-3/h31H,4-30H2,1-3H3. The molecule has 0 aromatic carbocycles. The quantitative estimate of drug-likeness (QED) is 0.0938. The maximum atomic E-state index is 11.6. The Morgan fingerprint density at radius 1 is 0.312 bits per heavy atom. The first-order chi connectivity index (χ1) is 15.7. The lowest BCUT2D eigenvalue weighted by molar-refractivity contribution is 0.492. The molecule has 0 unspecified atom stereocenters. The smallest absolute Gasteiger partial charge is 0.188 e. The zero-order valence-corrected chi connectivity index (χ0v) is 24.0. The summed E-state index contributed by atoms with van der Waals surface area (Å²) in [7, 11) is -1.99. The number of hydrogen-bond donors (Lipinski definition) is 1. The Morgan fingerprint density at radius 3 is 0.719 bits per heavy atom. The molecule has 1 nitrogen and oxygen atoms in total. The molecule has 194 valence electrons. The molecule has 0 fully saturated rings. The normalized spacial score (nSPS) is 12.0. The summed E-state index contributed by atoms with van der Waals surface area (Å²) >= 11 is 0. The first kappa shape index (κ1) is 32.2. The largest absolute Gasteiger partial charge is 0.432 e. The third-order valence-electron chi connectivity index (χ3n) is 7.49. The van der Waals surface area contributed by atoms with Gasteiger partial charge in [0.05, 0.1) is 0 Å². The minimum absolute atomic E-state index is 1.19. The zero-order chi connectivity index (χ0) is 23.6. The molecule has 0 aliphatic heterocycles. The minimum atomic E-state index is -1.99. The van der Waals surface area contributed by atoms with E-state index in [9.17, 15) is 4.80 Å². The fraction of sp³-hybridized carbons (Fsp3) is 1.00. The average molecular weight is 469 g/mol. The van der Waals surface area contributed by atoms with E-state index in [0.717, 1.165) is 0 Å². The van der Waals surface area contributed by atoms with Gasteiger partial charge in [0.1, 0.15) is 0 Å². The fourth-order valence-corrected chi connectivity index (χ4v) is 8.61. The van der Waals surface area contributed by atoms with Crippen LogP contribution < -0.4 is 0 Å². The lowest BCUT2D eigenvalue weighted by atomic mass is 10.1. The molecule has 0 aliphatic carbocycles. The van der Waals surface area contributed by atoms with Crippen molar-refractivity contribution < 1.29 is 4.80 Å². The Hall–Kier alpha value is 0.177. The van der Waals surface area contributed by atoms with Gasteiger partial charge < -0.3 is 4.80 Å². The zero-order valence-electron chi connectivity index (χ0n) is 23.0. The van der Waals surface area contributed by atoms with Crippen LogP contribution in [-0.2, 0) is 0 Å². The lowest BCUT2D eigenvalue weighted by Crippen LogP contribution is -2.34. The van der Waals surface area contributed by atoms with E-state index >= 15 is 0 Å². The van der Waals surface area contributed by atoms with Gasteiger partial charge in [-0.2, -0.15) is 0 Å². The summed E-state index contributed by atoms with van der Waals surface area (Å²) in [5, 5.41) is 0. The summed E-state index contributed by atoms with van der Waals surface area (Å²) in [4.78, 5) is 11.6. The maximum Gasteiger partial charge on any atom is 0.188 e. The van der Waals surface area contributed by atoms with Crippen LogP contribution >= 0.6 is 0 Å². The van der Waals surface area contributed by atoms with E-state index in [1.165, 1.54) is 172 Å². The third-order valence-corrected chi connectivity index (χ3v) is 11.3. The number of unbranched alkanes of at least 4 members (excludes halogenated alkanes) is 21. The first-order valence-electron chi connectivity index (χ1n) is 15.4. The summed E-state index contributed by atoms with van der Waals surface area (Å²) < 4.78 is 0. The molecular formula is C30H64OSi. The van der Waals surface area contributed by atoms with E-state index in [0.29, 0.717) is 0 Å². The van der Waals surface area contributed by atoms with Crippen LogP contribution in [0.2, 0.25) is 18.1 Å². The van der Waals surface area contributed by atoms with Gasteiger partial charge >= 0.3 is 0 Å². The summed E-state index contributed by atoms with van der Waals surface area (Å²) in [5.41, 5.74) is 0. The predicted octanol–water partition coefficient (Wildman–Crippen LogP) is 11.3. The van der Waals surface area contributed by atoms with Gasteiger partial charge in [-0.25, -0.2) is 0 Å². The second-order valence-electron chi connectivity index (χ2n) is 10.9. The Bertz CT molecular complexity index is 293. The predicted molar refractivity (Wildman–Crippen MR) is 150 cm³/mol. The number of rotatable bonds is 27. The van der Waals surface area contributed by atoms with Crippen molar-refractivity contribution in [2.75, 3.05) is 0 Å². The molecule has 0 aromatic rings. The van der Waals surface area contributed by atoms with Crippen molar-refractivity contribution in [3.63, 3.8) is 0 Å². The van der Waals surface area contributed by atoms with E-state index in [2.05, 4.69) is 20.8 Å². The molecule has 0 rings (SSSR count). The van der Waals surface area contributed by atoms with Crippen LogP contribution in [0.5, 0.6) is 0 Å². The Labute approximate surface area is 206 Å². The second kappa shape index (κ2) is 25.8. The van der Waals surface area contributed by atoms with Crippen LogP contribution in [0.4, 0.5) is 0 Å². The average Bonchev–Trinajstić information content (AvgIpc) is 2.79. The van der Waals surface area contributed by atoms with E-state index in [1.54, 1.807) is 0 Å². The Kier molecular flexibility index (Phi) is 25.9. The van der Waals surface area contributed by atoms with Gasteiger partial charge in [0.25, 0.3) is 0 Å². The van der Waals surface area contributed by atoms with Gasteiger partial charge in [-0.1, -0.05) is 175 Å². The van der Waals surface area contributed by atoms with Crippen molar-refractivity contribution in [2.24, 2.45) is 0 Å². The summed E-state index contributed by atoms with van der Waals surface area (Å²) in [6.45, 7) is 6.89. The highest BCUT2D eigenvalue weighted by Crippen LogP contribution is 2.27. The van der Waals surface area contributed by atoms with E-state index in [1.807, 2.05) is 0 Å². The van der Waals surface area contributed by atoms with Gasteiger partial charge in [0.15, 0.2) is 8.32 Å². The minimum Gasteiger partial charge on any atom is -0.432 e. The molecule has 0 spiro atoms. The summed E-state index contributed by atoms with van der Waals surface area (Å²) in [6.07, 6.45) is 33.2. The molecule has 1 N–H and O–H groups in total. The van der Waals surface area contributed by atoms with Crippen LogP contribution in [0.25, 0.3) is 0 Å². The van der Waals surface area contributed by atoms with Crippen molar-refractivity contribution in [3.05, 3.63) is 0 Å². The van der Waals surface area contributed by atoms with Gasteiger partial charge in [0.2, 0.25) is 0 Å². The van der Waals surface area contributed by atoms with E-state index < -0.39 is 8.32 Å². The molecule has 0 bridgehead atoms. The van der Waals surface area contributed by atoms with Crippen LogP contribution in [-0.4, -0.2) is 13.1 Å². The fourth-order valence-electron chi connectivity index (χ4n) is 5.14. The molecule has 0 amide bonds. The third kappa shape index (κ3) is 23.3. The SMILES string of the molecule is CCCCCCCCCC[Si](O)(CCCCCCCCCC)CCCCCCCCCC. The topological polar surface area (TPSA) is 20.2 Å². The summed E-state index contributed by atoms with van der Waals surface area (Å²) in [5.74, 6) is 0. The maximum absolute atomic E-state index is 11.6. The molecule has 0 saturated carbocycles. The second-order valence-corrected chi connectivity index (χ2v) is 14.8. The number of hydrogen-bond acceptors (Lipinski definition) is 1. The van der Waals surface area contributed by atoms with Crippen molar-refractivity contribution in [1.29, 1.82) is 0 Å². The highest BCUT2D eigenvalue weighted by molar-refractivity contribution is 6.72. The van der Waals surface area contributed by atoms with Crippen molar-refractivity contribution in [1.82, 2.24) is 0 Å². The van der Waals surface area contributed by atoms with Crippen molar-refractivity contribution in [3.8, 4) is 0 Å². The monoisotopic (exact) mass is 468 g/mol. The van der Waals surface area contributed by atoms with Crippen molar-refractivity contribution in [2.45, 2.75) is 193 Å². The lowest BCUT2D eigenvalue weighted by Gasteiger charge is -2.25. The van der Waals surface area contributed by atoms with Crippen LogP contribution in [0.1, 0.15) is 175 Å². The van der Waals surface area contributed by atoms with Gasteiger partial charge in [-0.15, -0.1) is 0 Å². The molecule has 0 heterocycles. The highest BCUT2D eigenvalue weighted by Gasteiger charge is 2.29. The molecule has 0 radical (unpaired) electrons. The molecular weight excluding hydrogens is 404 g/mol. The highest BCUT2D eigenvalue weighted by atomic mass is 28.4. The molecule has 0 saturated heterocycles. The molecule has 0 aliphatic rings. The Morgan fingerprint density at radius 2 is 0.500 bits per heavy atom. The summed E-state index contributed by atoms with van der Waals surface area (Å²) in [6, 6.07) is 3.57. The van der Waals surface area contributed by atoms with Crippen LogP contribution in [0.3, 0.4) is 0 Å². The molecule has 2 heteroatoms. The molecule has 0 atom stereocenters. The van der Waals surface area contributed by atoms with Gasteiger partial charge in [-0.3, -0.25) is 0 Å².